The van der Waals surface area contributed by atoms with Crippen LogP contribution >= 0.6 is 0 Å². The molecule has 0 aliphatic carbocycles. The summed E-state index contributed by atoms with van der Waals surface area (Å²) in [5.41, 5.74) is -0.413. The molecule has 0 spiro atoms. The fourth-order valence-corrected chi connectivity index (χ4v) is 1.88. The van der Waals surface area contributed by atoms with Gasteiger partial charge in [0.15, 0.2) is 0 Å². The van der Waals surface area contributed by atoms with Crippen LogP contribution in [0.15, 0.2) is 0 Å². The number of rotatable bonds is 5. The molecule has 0 aromatic heterocycles. The Hall–Kier alpha value is -1.30. The van der Waals surface area contributed by atoms with Crippen LogP contribution in [0.1, 0.15) is 20.3 Å². The highest BCUT2D eigenvalue weighted by Gasteiger charge is 2.34. The summed E-state index contributed by atoms with van der Waals surface area (Å²) < 4.78 is 5.00. The Morgan fingerprint density at radius 3 is 2.53 bits per heavy atom. The highest BCUT2D eigenvalue weighted by Crippen LogP contribution is 2.19. The second-order valence-electron chi connectivity index (χ2n) is 5.12. The molecule has 6 heteroatoms. The van der Waals surface area contributed by atoms with Gasteiger partial charge in [-0.2, -0.15) is 0 Å². The number of likely N-dealkylation sites (tertiary alicyclic amines) is 1. The molecule has 6 nitrogen and oxygen atoms in total. The highest BCUT2D eigenvalue weighted by atomic mass is 16.5. The van der Waals surface area contributed by atoms with Gasteiger partial charge in [0.25, 0.3) is 0 Å². The standard InChI is InChI=1S/C11H20N2O4/c1-11(2,7-17-3)12-10(16)13-5-8(6-13)4-9(14)15/h8H,4-7H2,1-3H3,(H,12,16)(H,14,15). The summed E-state index contributed by atoms with van der Waals surface area (Å²) in [5, 5.41) is 11.4. The first-order chi connectivity index (χ1) is 7.84. The summed E-state index contributed by atoms with van der Waals surface area (Å²) in [6, 6.07) is -0.159. The van der Waals surface area contributed by atoms with Gasteiger partial charge in [-0.05, 0) is 13.8 Å². The number of carbonyl (C=O) groups is 2. The quantitative estimate of drug-likeness (QED) is 0.739. The molecule has 0 aromatic rings. The van der Waals surface area contributed by atoms with Crippen molar-refractivity contribution < 1.29 is 19.4 Å². The van der Waals surface area contributed by atoms with Crippen LogP contribution in [-0.4, -0.2) is 54.4 Å². The van der Waals surface area contributed by atoms with Crippen molar-refractivity contribution in [2.75, 3.05) is 26.8 Å². The van der Waals surface area contributed by atoms with Crippen LogP contribution in [-0.2, 0) is 9.53 Å². The number of nitrogens with one attached hydrogen (secondary N) is 1. The van der Waals surface area contributed by atoms with Gasteiger partial charge < -0.3 is 20.1 Å². The minimum absolute atomic E-state index is 0.0868. The van der Waals surface area contributed by atoms with Gasteiger partial charge in [0.05, 0.1) is 18.6 Å². The van der Waals surface area contributed by atoms with Crippen LogP contribution in [0.25, 0.3) is 0 Å². The Kier molecular flexibility index (Phi) is 4.34. The van der Waals surface area contributed by atoms with Crippen molar-refractivity contribution in [2.45, 2.75) is 25.8 Å². The van der Waals surface area contributed by atoms with Crippen molar-refractivity contribution in [3.05, 3.63) is 0 Å². The third kappa shape index (κ3) is 4.22. The van der Waals surface area contributed by atoms with Gasteiger partial charge in [-0.3, -0.25) is 4.79 Å². The number of aliphatic carboxylic acids is 1. The predicted molar refractivity (Wildman–Crippen MR) is 61.8 cm³/mol. The second kappa shape index (κ2) is 5.35. The van der Waals surface area contributed by atoms with Crippen molar-refractivity contribution in [1.29, 1.82) is 0 Å². The average molecular weight is 244 g/mol. The van der Waals surface area contributed by atoms with E-state index in [-0.39, 0.29) is 18.4 Å². The van der Waals surface area contributed by atoms with Crippen LogP contribution in [0.3, 0.4) is 0 Å². The molecule has 17 heavy (non-hydrogen) atoms. The van der Waals surface area contributed by atoms with E-state index in [1.165, 1.54) is 0 Å². The number of hydrogen-bond donors (Lipinski definition) is 2. The molecule has 2 amide bonds. The number of ether oxygens (including phenoxy) is 1. The molecule has 0 unspecified atom stereocenters. The zero-order chi connectivity index (χ0) is 13.1. The van der Waals surface area contributed by atoms with E-state index in [1.54, 1.807) is 12.0 Å². The average Bonchev–Trinajstić information content (AvgIpc) is 2.08. The number of carboxylic acids is 1. The van der Waals surface area contributed by atoms with Gasteiger partial charge in [0.2, 0.25) is 0 Å². The number of nitrogens with zero attached hydrogens (tertiary/aromatic N) is 1. The lowest BCUT2D eigenvalue weighted by Gasteiger charge is -2.40. The van der Waals surface area contributed by atoms with Crippen molar-refractivity contribution in [3.8, 4) is 0 Å². The van der Waals surface area contributed by atoms with E-state index < -0.39 is 11.5 Å². The van der Waals surface area contributed by atoms with E-state index in [1.807, 2.05) is 13.8 Å². The lowest BCUT2D eigenvalue weighted by Crippen LogP contribution is -2.59. The lowest BCUT2D eigenvalue weighted by atomic mass is 9.97. The Labute approximate surface area is 101 Å². The molecular weight excluding hydrogens is 224 g/mol. The van der Waals surface area contributed by atoms with Crippen LogP contribution in [0.5, 0.6) is 0 Å². The maximum Gasteiger partial charge on any atom is 0.317 e. The van der Waals surface area contributed by atoms with Crippen molar-refractivity contribution in [3.63, 3.8) is 0 Å². The number of urea groups is 1. The van der Waals surface area contributed by atoms with Gasteiger partial charge in [-0.25, -0.2) is 4.79 Å². The van der Waals surface area contributed by atoms with E-state index in [0.29, 0.717) is 19.7 Å². The number of carbonyl (C=O) groups excluding carboxylic acids is 1. The summed E-state index contributed by atoms with van der Waals surface area (Å²) in [6.07, 6.45) is 0.130. The van der Waals surface area contributed by atoms with Crippen molar-refractivity contribution in [2.24, 2.45) is 5.92 Å². The van der Waals surface area contributed by atoms with Gasteiger partial charge in [0.1, 0.15) is 0 Å². The molecule has 1 fully saturated rings. The maximum atomic E-state index is 11.8. The fraction of sp³-hybridized carbons (Fsp3) is 0.818. The number of amides is 2. The second-order valence-corrected chi connectivity index (χ2v) is 5.12. The van der Waals surface area contributed by atoms with E-state index in [9.17, 15) is 9.59 Å². The number of hydrogen-bond acceptors (Lipinski definition) is 3. The smallest absolute Gasteiger partial charge is 0.317 e. The first-order valence-electron chi connectivity index (χ1n) is 5.62. The summed E-state index contributed by atoms with van der Waals surface area (Å²) in [5.74, 6) is -0.724. The minimum atomic E-state index is -0.810. The van der Waals surface area contributed by atoms with E-state index in [2.05, 4.69) is 5.32 Å². The molecule has 0 aromatic carbocycles. The minimum Gasteiger partial charge on any atom is -0.481 e. The summed E-state index contributed by atoms with van der Waals surface area (Å²) in [7, 11) is 1.58. The molecule has 1 saturated heterocycles. The van der Waals surface area contributed by atoms with Crippen molar-refractivity contribution in [1.82, 2.24) is 10.2 Å². The zero-order valence-corrected chi connectivity index (χ0v) is 10.5. The van der Waals surface area contributed by atoms with Gasteiger partial charge >= 0.3 is 12.0 Å². The molecule has 0 saturated carbocycles. The Morgan fingerprint density at radius 1 is 1.47 bits per heavy atom. The fourth-order valence-electron chi connectivity index (χ4n) is 1.88. The summed E-state index contributed by atoms with van der Waals surface area (Å²) in [6.45, 7) is 5.22. The van der Waals surface area contributed by atoms with Crippen LogP contribution in [0.4, 0.5) is 4.79 Å². The highest BCUT2D eigenvalue weighted by molar-refractivity contribution is 5.76. The molecule has 0 bridgehead atoms. The third-order valence-corrected chi connectivity index (χ3v) is 2.66. The lowest BCUT2D eigenvalue weighted by molar-refractivity contribution is -0.139. The molecule has 1 aliphatic rings. The van der Waals surface area contributed by atoms with E-state index in [4.69, 9.17) is 9.84 Å². The van der Waals surface area contributed by atoms with Crippen LogP contribution in [0, 0.1) is 5.92 Å². The molecule has 1 rings (SSSR count). The zero-order valence-electron chi connectivity index (χ0n) is 10.5. The number of carboxylic acid groups (broad SMARTS) is 1. The summed E-state index contributed by atoms with van der Waals surface area (Å²) >= 11 is 0. The SMILES string of the molecule is COCC(C)(C)NC(=O)N1CC(CC(=O)O)C1. The monoisotopic (exact) mass is 244 g/mol. The molecule has 0 radical (unpaired) electrons. The predicted octanol–water partition coefficient (Wildman–Crippen LogP) is 0.527. The van der Waals surface area contributed by atoms with Gasteiger partial charge in [0, 0.05) is 26.1 Å². The molecule has 1 aliphatic heterocycles. The third-order valence-electron chi connectivity index (χ3n) is 2.66. The normalized spacial score (nSPS) is 16.5. The molecule has 2 N–H and O–H groups in total. The van der Waals surface area contributed by atoms with Gasteiger partial charge in [-0.1, -0.05) is 0 Å². The van der Waals surface area contributed by atoms with Crippen molar-refractivity contribution >= 4 is 12.0 Å². The topological polar surface area (TPSA) is 78.9 Å². The van der Waals surface area contributed by atoms with E-state index in [0.717, 1.165) is 0 Å². The largest absolute Gasteiger partial charge is 0.481 e. The van der Waals surface area contributed by atoms with Gasteiger partial charge in [-0.15, -0.1) is 0 Å². The Morgan fingerprint density at radius 2 is 2.06 bits per heavy atom. The Balaban J connectivity index is 2.30. The molecular formula is C11H20N2O4. The Bertz CT molecular complexity index is 298. The van der Waals surface area contributed by atoms with Crippen LogP contribution < -0.4 is 5.32 Å². The molecule has 1 heterocycles. The van der Waals surface area contributed by atoms with Crippen LogP contribution in [0.2, 0.25) is 0 Å². The maximum absolute atomic E-state index is 11.8. The molecule has 98 valence electrons. The van der Waals surface area contributed by atoms with E-state index >= 15 is 0 Å². The first kappa shape index (κ1) is 13.8. The first-order valence-corrected chi connectivity index (χ1v) is 5.62. The number of methoxy groups -OCH3 is 1. The summed E-state index contributed by atoms with van der Waals surface area (Å²) in [4.78, 5) is 23.8. The molecule has 0 atom stereocenters.